The minimum Gasteiger partial charge on any atom is -0.458 e. The Morgan fingerprint density at radius 2 is 1.26 bits per heavy atom. The van der Waals surface area contributed by atoms with Crippen LogP contribution in [0.25, 0.3) is 0 Å². The average molecular weight is 1090 g/mol. The molecule has 0 spiro atoms. The second-order valence-electron chi connectivity index (χ2n) is 25.6. The van der Waals surface area contributed by atoms with Crippen molar-refractivity contribution < 1.29 is 104 Å². The summed E-state index contributed by atoms with van der Waals surface area (Å²) in [5.74, 6) is -1.53. The summed E-state index contributed by atoms with van der Waals surface area (Å²) in [6.45, 7) is 19.1. The van der Waals surface area contributed by atoms with Crippen molar-refractivity contribution in [3.8, 4) is 0 Å². The van der Waals surface area contributed by atoms with E-state index in [2.05, 4.69) is 40.7 Å². The van der Waals surface area contributed by atoms with E-state index >= 15 is 0 Å². The van der Waals surface area contributed by atoms with Crippen LogP contribution in [-0.4, -0.2) is 204 Å². The van der Waals surface area contributed by atoms with Crippen molar-refractivity contribution in [2.75, 3.05) is 19.8 Å². The lowest BCUT2D eigenvalue weighted by atomic mass is 9.33. The fraction of sp³-hybridized carbons (Fsp3) is 0.891. The Labute approximate surface area is 445 Å². The molecule has 11 N–H and O–H groups in total. The maximum Gasteiger partial charge on any atom is 0.333 e. The van der Waals surface area contributed by atoms with E-state index < -0.39 is 176 Å². The molecule has 5 aliphatic carbocycles. The molecule has 0 unspecified atom stereocenters. The highest BCUT2D eigenvalue weighted by molar-refractivity contribution is 5.87. The first-order valence-corrected chi connectivity index (χ1v) is 27.4. The lowest BCUT2D eigenvalue weighted by Gasteiger charge is -2.72. The topological polar surface area (TPSA) is 331 Å². The van der Waals surface area contributed by atoms with Crippen LogP contribution in [0.2, 0.25) is 0 Å². The molecule has 3 saturated heterocycles. The van der Waals surface area contributed by atoms with Crippen molar-refractivity contribution in [2.24, 2.45) is 50.2 Å². The molecule has 0 aromatic heterocycles. The Bertz CT molecular complexity index is 2170. The van der Waals surface area contributed by atoms with Gasteiger partial charge in [-0.05, 0) is 105 Å². The van der Waals surface area contributed by atoms with E-state index in [4.69, 9.17) is 37.9 Å². The molecular weight excluding hydrogens is 997 g/mol. The van der Waals surface area contributed by atoms with Crippen molar-refractivity contribution in [2.45, 2.75) is 238 Å². The Balaban J connectivity index is 1.11. The summed E-state index contributed by atoms with van der Waals surface area (Å²) in [4.78, 5) is 26.4. The first-order chi connectivity index (χ1) is 35.4. The van der Waals surface area contributed by atoms with Crippen LogP contribution < -0.4 is 0 Å². The number of carbonyl (C=O) groups excluding carboxylic acids is 2. The average Bonchev–Trinajstić information content (AvgIpc) is 3.45. The lowest BCUT2D eigenvalue weighted by molar-refractivity contribution is -0.398. The number of esters is 2. The number of hydrogen-bond acceptors (Lipinski definition) is 21. The van der Waals surface area contributed by atoms with Crippen LogP contribution >= 0.6 is 0 Å². The molecule has 7 fully saturated rings. The van der Waals surface area contributed by atoms with Crippen LogP contribution in [0.5, 0.6) is 0 Å². The van der Waals surface area contributed by atoms with Crippen LogP contribution in [0, 0.1) is 50.2 Å². The highest BCUT2D eigenvalue weighted by Crippen LogP contribution is 2.76. The van der Waals surface area contributed by atoms with Gasteiger partial charge in [-0.2, -0.15) is 0 Å². The molecule has 3 aliphatic heterocycles. The number of aliphatic hydroxyl groups excluding tert-OH is 11. The number of rotatable bonds is 12. The number of ether oxygens (including phenoxy) is 8. The van der Waals surface area contributed by atoms with E-state index in [0.717, 1.165) is 18.4 Å². The molecule has 0 radical (unpaired) electrons. The zero-order valence-electron chi connectivity index (χ0n) is 45.9. The molecule has 8 aliphatic rings. The van der Waals surface area contributed by atoms with Gasteiger partial charge in [0.05, 0.1) is 43.5 Å². The summed E-state index contributed by atoms with van der Waals surface area (Å²) in [6.07, 6.45) is -20.3. The standard InChI is InChI=1S/C55H88O21/c1-12-24(2)46(68)76-44-45(70-26(4)59)55(23-58)28(19-50(44,5)6)27-13-14-32-52(9)17-16-34(51(7,8)31(52)15-18-53(32,10)54(27,11)20-33(55)60)73-49-43(75-48-41(67)39(65)36(62)29(21-56)71-48)42(37(63)30(22-57)72-49)74-47-40(66)38(64)35(61)25(3)69-47/h12-13,25,28-45,47-49,56-58,60-67H,14-23H2,1-11H3/t25-,28+,29+,30+,31-,32+,33+,34-,35-,36-,37+,38+,39-,40+,41+,42-,43+,44-,45-,47+,48-,49-,52-,53+,54+,55-/m0/s1. The molecule has 21 nitrogen and oxygen atoms in total. The molecular formula is C55H88O21. The summed E-state index contributed by atoms with van der Waals surface area (Å²) in [5, 5.41) is 122. The van der Waals surface area contributed by atoms with Crippen LogP contribution in [0.4, 0.5) is 0 Å². The maximum absolute atomic E-state index is 13.4. The monoisotopic (exact) mass is 1080 g/mol. The van der Waals surface area contributed by atoms with Gasteiger partial charge in [0.2, 0.25) is 0 Å². The minimum atomic E-state index is -1.91. The van der Waals surface area contributed by atoms with E-state index in [1.165, 1.54) is 13.8 Å². The van der Waals surface area contributed by atoms with Gasteiger partial charge in [0, 0.05) is 17.9 Å². The van der Waals surface area contributed by atoms with Crippen molar-refractivity contribution in [3.05, 3.63) is 23.3 Å². The van der Waals surface area contributed by atoms with Crippen LogP contribution in [0.15, 0.2) is 23.3 Å². The van der Waals surface area contributed by atoms with Gasteiger partial charge >= 0.3 is 11.9 Å². The summed E-state index contributed by atoms with van der Waals surface area (Å²) in [5.41, 5.74) is -2.58. The number of carbonyl (C=O) groups is 2. The van der Waals surface area contributed by atoms with E-state index in [0.29, 0.717) is 31.3 Å². The molecule has 8 rings (SSSR count). The molecule has 4 saturated carbocycles. The highest BCUT2D eigenvalue weighted by atomic mass is 16.8. The fourth-order valence-electron chi connectivity index (χ4n) is 16.2. The number of aliphatic hydroxyl groups is 11. The van der Waals surface area contributed by atoms with Gasteiger partial charge < -0.3 is 94.1 Å². The second kappa shape index (κ2) is 21.6. The summed E-state index contributed by atoms with van der Waals surface area (Å²) >= 11 is 0. The molecule has 0 aromatic rings. The Morgan fingerprint density at radius 1 is 0.671 bits per heavy atom. The molecule has 76 heavy (non-hydrogen) atoms. The van der Waals surface area contributed by atoms with Crippen molar-refractivity contribution >= 4 is 11.9 Å². The van der Waals surface area contributed by atoms with Gasteiger partial charge in [0.1, 0.15) is 79.4 Å². The van der Waals surface area contributed by atoms with Crippen molar-refractivity contribution in [1.82, 2.24) is 0 Å². The van der Waals surface area contributed by atoms with Gasteiger partial charge in [-0.3, -0.25) is 4.79 Å². The van der Waals surface area contributed by atoms with Crippen LogP contribution in [0.1, 0.15) is 121 Å². The second-order valence-corrected chi connectivity index (χ2v) is 25.6. The smallest absolute Gasteiger partial charge is 0.333 e. The first-order valence-electron chi connectivity index (χ1n) is 27.4. The third-order valence-electron chi connectivity index (χ3n) is 20.9. The highest BCUT2D eigenvalue weighted by Gasteiger charge is 2.74. The SMILES string of the molecule is CC=C(C)C(=O)O[C@H]1[C@H](OC(C)=O)[C@]2(CO)[C@H](O)C[C@]3(C)C(=CC[C@@H]4[C@@]5(C)CC[C@H](O[C@@H]6O[C@H](CO)[C@@H](O)[C@H](O[C@H]7O[C@@H](C)[C@H](O)[C@@H](O)[C@H]7O)[C@H]6O[C@@H]6O[C@H](CO)[C@H](O)[C@H](O)[C@H]6O)C(C)(C)[C@@H]5CC[C@]43C)[C@H]2CC1(C)C. The molecule has 21 heteroatoms. The predicted molar refractivity (Wildman–Crippen MR) is 266 cm³/mol. The molecule has 0 bridgehead atoms. The molecule has 26 atom stereocenters. The Morgan fingerprint density at radius 3 is 1.87 bits per heavy atom. The molecule has 0 aromatic carbocycles. The fourth-order valence-corrected chi connectivity index (χ4v) is 16.2. The summed E-state index contributed by atoms with van der Waals surface area (Å²) in [6, 6.07) is 0. The number of allylic oxidation sites excluding steroid dienone is 3. The third kappa shape index (κ3) is 9.47. The Hall–Kier alpha value is -2.26. The normalized spacial score (nSPS) is 51.0. The lowest BCUT2D eigenvalue weighted by Crippen LogP contribution is -2.72. The summed E-state index contributed by atoms with van der Waals surface area (Å²) < 4.78 is 49.7. The molecule has 0 amide bonds. The van der Waals surface area contributed by atoms with Crippen molar-refractivity contribution in [1.29, 1.82) is 0 Å². The van der Waals surface area contributed by atoms with Gasteiger partial charge in [-0.1, -0.05) is 66.2 Å². The zero-order valence-corrected chi connectivity index (χ0v) is 45.9. The number of fused-ring (bicyclic) bond motifs is 7. The summed E-state index contributed by atoms with van der Waals surface area (Å²) in [7, 11) is 0. The van der Waals surface area contributed by atoms with E-state index in [1.807, 2.05) is 13.8 Å². The van der Waals surface area contributed by atoms with E-state index in [-0.39, 0.29) is 29.1 Å². The van der Waals surface area contributed by atoms with E-state index in [9.17, 15) is 65.8 Å². The number of hydrogen-bond donors (Lipinski definition) is 11. The van der Waals surface area contributed by atoms with E-state index in [1.54, 1.807) is 19.9 Å². The van der Waals surface area contributed by atoms with Gasteiger partial charge in [0.25, 0.3) is 0 Å². The van der Waals surface area contributed by atoms with Crippen LogP contribution in [0.3, 0.4) is 0 Å². The largest absolute Gasteiger partial charge is 0.458 e. The predicted octanol–water partition coefficient (Wildman–Crippen LogP) is 0.642. The van der Waals surface area contributed by atoms with Crippen LogP contribution in [-0.2, 0) is 47.5 Å². The maximum atomic E-state index is 13.4. The minimum absolute atomic E-state index is 0.0123. The van der Waals surface area contributed by atoms with Gasteiger partial charge in [-0.25, -0.2) is 4.79 Å². The first kappa shape index (κ1) is 59.9. The zero-order chi connectivity index (χ0) is 56.2. The van der Waals surface area contributed by atoms with Gasteiger partial charge in [-0.15, -0.1) is 0 Å². The Kier molecular flexibility index (Phi) is 17.0. The van der Waals surface area contributed by atoms with Crippen molar-refractivity contribution in [3.63, 3.8) is 0 Å². The molecule has 3 heterocycles. The molecule has 434 valence electrons. The quantitative estimate of drug-likeness (QED) is 0.0553. The van der Waals surface area contributed by atoms with Gasteiger partial charge in [0.15, 0.2) is 18.9 Å². The third-order valence-corrected chi connectivity index (χ3v) is 20.9.